The monoisotopic (exact) mass is 284 g/mol. The van der Waals surface area contributed by atoms with Crippen molar-refractivity contribution in [3.8, 4) is 0 Å². The Hall–Kier alpha value is -1.88. The molecule has 4 heterocycles. The molecule has 4 rings (SSSR count). The molecule has 0 aliphatic carbocycles. The van der Waals surface area contributed by atoms with Gasteiger partial charge in [-0.1, -0.05) is 6.07 Å². The number of pyridine rings is 1. The second-order valence-electron chi connectivity index (χ2n) is 6.31. The number of hydrogen-bond acceptors (Lipinski definition) is 3. The molecule has 0 unspecified atom stereocenters. The normalized spacial score (nSPS) is 21.2. The molecule has 110 valence electrons. The maximum absolute atomic E-state index is 12.6. The number of fused-ring (bicyclic) bond motifs is 1. The van der Waals surface area contributed by atoms with Crippen LogP contribution in [-0.4, -0.2) is 46.4 Å². The highest BCUT2D eigenvalue weighted by molar-refractivity contribution is 5.93. The minimum atomic E-state index is 0.0690. The third-order valence-corrected chi connectivity index (χ3v) is 5.03. The van der Waals surface area contributed by atoms with E-state index in [1.807, 2.05) is 39.9 Å². The zero-order chi connectivity index (χ0) is 14.3. The lowest BCUT2D eigenvalue weighted by Gasteiger charge is -2.38. The van der Waals surface area contributed by atoms with Crippen LogP contribution in [0.4, 0.5) is 0 Å². The van der Waals surface area contributed by atoms with Crippen LogP contribution in [0.5, 0.6) is 0 Å². The lowest BCUT2D eigenvalue weighted by molar-refractivity contribution is 0.0602. The third-order valence-electron chi connectivity index (χ3n) is 5.03. The first-order valence-electron chi connectivity index (χ1n) is 7.70. The maximum atomic E-state index is 12.6. The first kappa shape index (κ1) is 12.8. The molecule has 1 N–H and O–H groups in total. The van der Waals surface area contributed by atoms with E-state index in [-0.39, 0.29) is 5.91 Å². The van der Waals surface area contributed by atoms with E-state index in [2.05, 4.69) is 10.3 Å². The predicted octanol–water partition coefficient (Wildman–Crippen LogP) is 1.55. The number of carbonyl (C=O) groups excluding carboxylic acids is 1. The summed E-state index contributed by atoms with van der Waals surface area (Å²) in [5.74, 6) is 0.0690. The van der Waals surface area contributed by atoms with Crippen LogP contribution in [0.25, 0.3) is 5.65 Å². The highest BCUT2D eigenvalue weighted by Gasteiger charge is 2.38. The molecule has 0 radical (unpaired) electrons. The molecule has 0 atom stereocenters. The van der Waals surface area contributed by atoms with Crippen LogP contribution < -0.4 is 5.32 Å². The summed E-state index contributed by atoms with van der Waals surface area (Å²) in [6.07, 6.45) is 7.23. The van der Waals surface area contributed by atoms with Crippen molar-refractivity contribution in [3.63, 3.8) is 0 Å². The molecule has 5 heteroatoms. The van der Waals surface area contributed by atoms with Crippen LogP contribution in [0.15, 0.2) is 30.6 Å². The molecular formula is C16H20N4O. The van der Waals surface area contributed by atoms with Gasteiger partial charge in [-0.15, -0.1) is 0 Å². The van der Waals surface area contributed by atoms with Crippen LogP contribution in [0, 0.1) is 5.41 Å². The summed E-state index contributed by atoms with van der Waals surface area (Å²) in [4.78, 5) is 19.0. The van der Waals surface area contributed by atoms with Crippen LogP contribution in [0.3, 0.4) is 0 Å². The fraction of sp³-hybridized carbons (Fsp3) is 0.500. The minimum Gasteiger partial charge on any atom is -0.337 e. The van der Waals surface area contributed by atoms with Gasteiger partial charge in [0.1, 0.15) is 11.3 Å². The number of rotatable bonds is 1. The SMILES string of the molecule is O=C(c1cn2ccccc2n1)N1CCC2(CCNC2)CC1. The van der Waals surface area contributed by atoms with Gasteiger partial charge in [0, 0.05) is 32.0 Å². The largest absolute Gasteiger partial charge is 0.337 e. The molecule has 21 heavy (non-hydrogen) atoms. The van der Waals surface area contributed by atoms with Gasteiger partial charge < -0.3 is 14.6 Å². The Kier molecular flexibility index (Phi) is 2.96. The van der Waals surface area contributed by atoms with Gasteiger partial charge in [0.15, 0.2) is 0 Å². The number of piperidine rings is 1. The molecule has 1 spiro atoms. The van der Waals surface area contributed by atoms with E-state index < -0.39 is 0 Å². The average Bonchev–Trinajstić information content (AvgIpc) is 3.14. The molecule has 0 saturated carbocycles. The van der Waals surface area contributed by atoms with Crippen LogP contribution in [-0.2, 0) is 0 Å². The Morgan fingerprint density at radius 1 is 1.24 bits per heavy atom. The van der Waals surface area contributed by atoms with Gasteiger partial charge >= 0.3 is 0 Å². The molecule has 2 aliphatic heterocycles. The van der Waals surface area contributed by atoms with E-state index >= 15 is 0 Å². The number of nitrogens with one attached hydrogen (secondary N) is 1. The molecule has 0 aromatic carbocycles. The topological polar surface area (TPSA) is 49.6 Å². The smallest absolute Gasteiger partial charge is 0.274 e. The van der Waals surface area contributed by atoms with E-state index in [4.69, 9.17) is 0 Å². The van der Waals surface area contributed by atoms with Gasteiger partial charge in [-0.3, -0.25) is 4.79 Å². The van der Waals surface area contributed by atoms with Crippen LogP contribution in [0.2, 0.25) is 0 Å². The lowest BCUT2D eigenvalue weighted by Crippen LogP contribution is -2.44. The van der Waals surface area contributed by atoms with Gasteiger partial charge in [-0.25, -0.2) is 4.98 Å². The first-order chi connectivity index (χ1) is 10.3. The van der Waals surface area contributed by atoms with E-state index in [1.165, 1.54) is 6.42 Å². The van der Waals surface area contributed by atoms with Crippen molar-refractivity contribution in [2.75, 3.05) is 26.2 Å². The van der Waals surface area contributed by atoms with E-state index in [1.54, 1.807) is 0 Å². The predicted molar refractivity (Wildman–Crippen MR) is 80.2 cm³/mol. The molecule has 5 nitrogen and oxygen atoms in total. The number of imidazole rings is 1. The minimum absolute atomic E-state index is 0.0690. The summed E-state index contributed by atoms with van der Waals surface area (Å²) >= 11 is 0. The Labute approximate surface area is 124 Å². The fourth-order valence-corrected chi connectivity index (χ4v) is 3.61. The Morgan fingerprint density at radius 2 is 2.10 bits per heavy atom. The standard InChI is InChI=1S/C16H20N4O/c21-15(13-11-20-8-2-1-3-14(20)18-13)19-9-5-16(6-10-19)4-7-17-12-16/h1-3,8,11,17H,4-7,9-10,12H2. The van der Waals surface area contributed by atoms with Crippen molar-refractivity contribution in [1.29, 1.82) is 0 Å². The van der Waals surface area contributed by atoms with E-state index in [0.29, 0.717) is 11.1 Å². The van der Waals surface area contributed by atoms with E-state index in [9.17, 15) is 4.79 Å². The highest BCUT2D eigenvalue weighted by atomic mass is 16.2. The van der Waals surface area contributed by atoms with Crippen LogP contribution >= 0.6 is 0 Å². The zero-order valence-corrected chi connectivity index (χ0v) is 12.1. The number of likely N-dealkylation sites (tertiary alicyclic amines) is 1. The number of nitrogens with zero attached hydrogens (tertiary/aromatic N) is 3. The summed E-state index contributed by atoms with van der Waals surface area (Å²) < 4.78 is 1.90. The van der Waals surface area contributed by atoms with Gasteiger partial charge in [-0.05, 0) is 43.4 Å². The molecule has 2 aromatic rings. The van der Waals surface area contributed by atoms with Gasteiger partial charge in [-0.2, -0.15) is 0 Å². The highest BCUT2D eigenvalue weighted by Crippen LogP contribution is 2.37. The summed E-state index contributed by atoms with van der Waals surface area (Å²) in [5.41, 5.74) is 1.83. The van der Waals surface area contributed by atoms with E-state index in [0.717, 1.165) is 44.7 Å². The Morgan fingerprint density at radius 3 is 2.81 bits per heavy atom. The molecule has 2 aliphatic rings. The average molecular weight is 284 g/mol. The van der Waals surface area contributed by atoms with Crippen molar-refractivity contribution in [3.05, 3.63) is 36.3 Å². The van der Waals surface area contributed by atoms with Crippen molar-refractivity contribution in [1.82, 2.24) is 19.6 Å². The summed E-state index contributed by atoms with van der Waals surface area (Å²) in [6, 6.07) is 5.81. The van der Waals surface area contributed by atoms with Crippen molar-refractivity contribution in [2.45, 2.75) is 19.3 Å². The molecule has 2 aromatic heterocycles. The maximum Gasteiger partial charge on any atom is 0.274 e. The quantitative estimate of drug-likeness (QED) is 0.864. The molecular weight excluding hydrogens is 264 g/mol. The van der Waals surface area contributed by atoms with Crippen molar-refractivity contribution in [2.24, 2.45) is 5.41 Å². The van der Waals surface area contributed by atoms with Crippen molar-refractivity contribution >= 4 is 11.6 Å². The molecule has 2 fully saturated rings. The van der Waals surface area contributed by atoms with Gasteiger partial charge in [0.2, 0.25) is 0 Å². The van der Waals surface area contributed by atoms with Crippen molar-refractivity contribution < 1.29 is 4.79 Å². The third kappa shape index (κ3) is 2.21. The van der Waals surface area contributed by atoms with Gasteiger partial charge in [0.05, 0.1) is 0 Å². The summed E-state index contributed by atoms with van der Waals surface area (Å²) in [7, 11) is 0. The molecule has 1 amide bonds. The van der Waals surface area contributed by atoms with Crippen LogP contribution in [0.1, 0.15) is 29.8 Å². The zero-order valence-electron chi connectivity index (χ0n) is 12.1. The number of carbonyl (C=O) groups is 1. The lowest BCUT2D eigenvalue weighted by atomic mass is 9.78. The number of aromatic nitrogens is 2. The Balaban J connectivity index is 1.50. The van der Waals surface area contributed by atoms with Gasteiger partial charge in [0.25, 0.3) is 5.91 Å². The molecule has 2 saturated heterocycles. The second kappa shape index (κ2) is 4.84. The fourth-order valence-electron chi connectivity index (χ4n) is 3.61. The summed E-state index contributed by atoms with van der Waals surface area (Å²) in [5, 5.41) is 3.46. The second-order valence-corrected chi connectivity index (χ2v) is 6.31. The number of amides is 1. The molecule has 0 bridgehead atoms. The summed E-state index contributed by atoms with van der Waals surface area (Å²) in [6.45, 7) is 3.95. The number of hydrogen-bond donors (Lipinski definition) is 1. The Bertz CT molecular complexity index is 629. The first-order valence-corrected chi connectivity index (χ1v) is 7.70.